The maximum atomic E-state index is 11.7. The molecule has 0 aliphatic carbocycles. The van der Waals surface area contributed by atoms with E-state index in [1.165, 1.54) is 0 Å². The lowest BCUT2D eigenvalue weighted by Crippen LogP contribution is -2.09. The third-order valence-electron chi connectivity index (χ3n) is 4.49. The molecule has 0 spiro atoms. The molecule has 1 heterocycles. The Morgan fingerprint density at radius 1 is 0.960 bits per heavy atom. The number of aromatic carboxylic acids is 1. The summed E-state index contributed by atoms with van der Waals surface area (Å²) in [6.07, 6.45) is 0.773. The quantitative estimate of drug-likeness (QED) is 0.566. The highest BCUT2D eigenvalue weighted by molar-refractivity contribution is 5.96. The molecule has 0 amide bonds. The third kappa shape index (κ3) is 2.58. The van der Waals surface area contributed by atoms with Crippen LogP contribution in [0.15, 0.2) is 66.7 Å². The van der Waals surface area contributed by atoms with Crippen molar-refractivity contribution in [2.24, 2.45) is 0 Å². The fourth-order valence-electron chi connectivity index (χ4n) is 3.29. The second-order valence-electron chi connectivity index (χ2n) is 6.00. The number of benzene rings is 3. The van der Waals surface area contributed by atoms with Crippen molar-refractivity contribution in [1.82, 2.24) is 4.57 Å². The highest BCUT2D eigenvalue weighted by atomic mass is 16.4. The van der Waals surface area contributed by atoms with Crippen LogP contribution in [0.3, 0.4) is 0 Å². The summed E-state index contributed by atoms with van der Waals surface area (Å²) in [4.78, 5) is 22.8. The number of hydrogen-bond donors (Lipinski definition) is 1. The van der Waals surface area contributed by atoms with Gasteiger partial charge in [-0.2, -0.15) is 0 Å². The summed E-state index contributed by atoms with van der Waals surface area (Å²) in [5.41, 5.74) is 2.53. The minimum atomic E-state index is -0.982. The van der Waals surface area contributed by atoms with E-state index in [2.05, 4.69) is 0 Å². The second kappa shape index (κ2) is 5.91. The van der Waals surface area contributed by atoms with Gasteiger partial charge in [0, 0.05) is 23.0 Å². The van der Waals surface area contributed by atoms with E-state index in [9.17, 15) is 14.7 Å². The van der Waals surface area contributed by atoms with Crippen molar-refractivity contribution in [2.75, 3.05) is 0 Å². The number of carboxylic acid groups (broad SMARTS) is 1. The van der Waals surface area contributed by atoms with Gasteiger partial charge in [0.2, 0.25) is 0 Å². The van der Waals surface area contributed by atoms with Gasteiger partial charge in [-0.1, -0.05) is 54.6 Å². The lowest BCUT2D eigenvalue weighted by molar-refractivity contribution is 0.0686. The number of nitrogens with zero attached hydrogens (tertiary/aromatic N) is 1. The van der Waals surface area contributed by atoms with Crippen LogP contribution >= 0.6 is 0 Å². The first-order valence-corrected chi connectivity index (χ1v) is 7.96. The van der Waals surface area contributed by atoms with Gasteiger partial charge in [-0.15, -0.1) is 0 Å². The molecule has 3 aromatic carbocycles. The maximum absolute atomic E-state index is 11.7. The fraction of sp³-hybridized carbons (Fsp3) is 0.0476. The number of fused-ring (bicyclic) bond motifs is 2. The third-order valence-corrected chi connectivity index (χ3v) is 4.49. The first-order chi connectivity index (χ1) is 12.2. The van der Waals surface area contributed by atoms with E-state index < -0.39 is 5.97 Å². The molecule has 0 saturated carbocycles. The Labute approximate surface area is 143 Å². The van der Waals surface area contributed by atoms with Gasteiger partial charge in [-0.25, -0.2) is 4.79 Å². The highest BCUT2D eigenvalue weighted by Crippen LogP contribution is 2.25. The van der Waals surface area contributed by atoms with Crippen molar-refractivity contribution in [3.63, 3.8) is 0 Å². The molecule has 4 rings (SSSR count). The van der Waals surface area contributed by atoms with E-state index >= 15 is 0 Å². The van der Waals surface area contributed by atoms with Gasteiger partial charge >= 0.3 is 5.97 Å². The number of carbonyl (C=O) groups is 2. The minimum absolute atomic E-state index is 0.214. The van der Waals surface area contributed by atoms with Crippen LogP contribution in [-0.4, -0.2) is 21.9 Å². The summed E-state index contributed by atoms with van der Waals surface area (Å²) in [7, 11) is 0. The minimum Gasteiger partial charge on any atom is -0.477 e. The van der Waals surface area contributed by atoms with Crippen LogP contribution in [0.5, 0.6) is 0 Å². The molecule has 122 valence electrons. The Kier molecular flexibility index (Phi) is 3.58. The molecular formula is C21H15NO3. The topological polar surface area (TPSA) is 59.3 Å². The van der Waals surface area contributed by atoms with Gasteiger partial charge in [-0.3, -0.25) is 4.79 Å². The second-order valence-corrected chi connectivity index (χ2v) is 6.00. The number of rotatable bonds is 4. The van der Waals surface area contributed by atoms with Crippen molar-refractivity contribution in [2.45, 2.75) is 6.54 Å². The molecule has 25 heavy (non-hydrogen) atoms. The Hall–Kier alpha value is -3.40. The average molecular weight is 329 g/mol. The number of carbonyl (C=O) groups excluding carboxylic acids is 1. The number of hydrogen-bond acceptors (Lipinski definition) is 2. The normalized spacial score (nSPS) is 11.0. The van der Waals surface area contributed by atoms with E-state index in [-0.39, 0.29) is 5.69 Å². The van der Waals surface area contributed by atoms with E-state index in [4.69, 9.17) is 0 Å². The molecule has 0 radical (unpaired) electrons. The molecule has 4 aromatic rings. The molecule has 0 unspecified atom stereocenters. The van der Waals surface area contributed by atoms with Crippen molar-refractivity contribution < 1.29 is 14.7 Å². The van der Waals surface area contributed by atoms with Gasteiger partial charge in [0.15, 0.2) is 0 Å². The summed E-state index contributed by atoms with van der Waals surface area (Å²) >= 11 is 0. The van der Waals surface area contributed by atoms with Gasteiger partial charge < -0.3 is 9.67 Å². The van der Waals surface area contributed by atoms with Crippen molar-refractivity contribution in [1.29, 1.82) is 0 Å². The van der Waals surface area contributed by atoms with Gasteiger partial charge in [0.1, 0.15) is 12.0 Å². The van der Waals surface area contributed by atoms with E-state index in [1.807, 2.05) is 42.5 Å². The smallest absolute Gasteiger partial charge is 0.352 e. The van der Waals surface area contributed by atoms with Crippen molar-refractivity contribution in [3.8, 4) is 0 Å². The average Bonchev–Trinajstić information content (AvgIpc) is 3.00. The molecule has 1 N–H and O–H groups in total. The van der Waals surface area contributed by atoms with Crippen LogP contribution < -0.4 is 0 Å². The zero-order valence-corrected chi connectivity index (χ0v) is 13.3. The Balaban J connectivity index is 1.94. The lowest BCUT2D eigenvalue weighted by atomic mass is 10.0. The molecule has 0 fully saturated rings. The summed E-state index contributed by atoms with van der Waals surface area (Å²) in [5, 5.41) is 12.6. The fourth-order valence-corrected chi connectivity index (χ4v) is 3.29. The first-order valence-electron chi connectivity index (χ1n) is 7.96. The van der Waals surface area contributed by atoms with Crippen LogP contribution in [-0.2, 0) is 6.54 Å². The predicted octanol–water partition coefficient (Wildman–Crippen LogP) is 4.35. The maximum Gasteiger partial charge on any atom is 0.352 e. The summed E-state index contributed by atoms with van der Waals surface area (Å²) < 4.78 is 1.76. The SMILES string of the molecule is O=Cc1ccc2cc(C(=O)O)n(Cc3cccc4ccccc34)c2c1. The summed E-state index contributed by atoms with van der Waals surface area (Å²) in [5.74, 6) is -0.982. The molecule has 1 aromatic heterocycles. The number of aldehydes is 1. The van der Waals surface area contributed by atoms with Crippen molar-refractivity contribution in [3.05, 3.63) is 83.6 Å². The molecule has 0 aliphatic heterocycles. The summed E-state index contributed by atoms with van der Waals surface area (Å²) in [6.45, 7) is 0.425. The van der Waals surface area contributed by atoms with E-state index in [0.29, 0.717) is 12.1 Å². The lowest BCUT2D eigenvalue weighted by Gasteiger charge is -2.11. The van der Waals surface area contributed by atoms with E-state index in [1.54, 1.807) is 28.8 Å². The Bertz CT molecular complexity index is 1120. The molecular weight excluding hydrogens is 314 g/mol. The molecule has 0 saturated heterocycles. The Morgan fingerprint density at radius 2 is 1.76 bits per heavy atom. The Morgan fingerprint density at radius 3 is 2.56 bits per heavy atom. The zero-order valence-electron chi connectivity index (χ0n) is 13.3. The van der Waals surface area contributed by atoms with Crippen molar-refractivity contribution >= 4 is 33.9 Å². The highest BCUT2D eigenvalue weighted by Gasteiger charge is 2.16. The van der Waals surface area contributed by atoms with Crippen LogP contribution in [0.25, 0.3) is 21.7 Å². The molecule has 4 nitrogen and oxygen atoms in total. The van der Waals surface area contributed by atoms with Gasteiger partial charge in [-0.05, 0) is 28.5 Å². The van der Waals surface area contributed by atoms with Gasteiger partial charge in [0.05, 0.1) is 0 Å². The van der Waals surface area contributed by atoms with Gasteiger partial charge in [0.25, 0.3) is 0 Å². The molecule has 0 atom stereocenters. The van der Waals surface area contributed by atoms with Crippen LogP contribution in [0.1, 0.15) is 26.4 Å². The van der Waals surface area contributed by atoms with Crippen LogP contribution in [0, 0.1) is 0 Å². The summed E-state index contributed by atoms with van der Waals surface area (Å²) in [6, 6.07) is 20.9. The first kappa shape index (κ1) is 15.1. The van der Waals surface area contributed by atoms with E-state index in [0.717, 1.165) is 33.5 Å². The zero-order chi connectivity index (χ0) is 17.4. The largest absolute Gasteiger partial charge is 0.477 e. The van der Waals surface area contributed by atoms with Crippen LogP contribution in [0.4, 0.5) is 0 Å². The monoisotopic (exact) mass is 329 g/mol. The molecule has 0 aliphatic rings. The standard InChI is InChI=1S/C21H15NO3/c23-13-14-8-9-16-11-20(21(24)25)22(19(16)10-14)12-17-6-3-5-15-4-1-2-7-18(15)17/h1-11,13H,12H2,(H,24,25). The van der Waals surface area contributed by atoms with Crippen LogP contribution in [0.2, 0.25) is 0 Å². The number of carboxylic acids is 1. The molecule has 4 heteroatoms. The molecule has 0 bridgehead atoms. The predicted molar refractivity (Wildman–Crippen MR) is 97.3 cm³/mol. The number of aromatic nitrogens is 1.